The Hall–Kier alpha value is -3.15. The highest BCUT2D eigenvalue weighted by atomic mass is 16.2. The number of nitrogens with zero attached hydrogens (tertiary/aromatic N) is 1. The maximum absolute atomic E-state index is 12.5. The molecule has 0 aliphatic carbocycles. The van der Waals surface area contributed by atoms with Crippen molar-refractivity contribution in [1.82, 2.24) is 5.32 Å². The Morgan fingerprint density at radius 1 is 1.14 bits per heavy atom. The number of carbonyl (C=O) groups is 3. The minimum absolute atomic E-state index is 0.0846. The Balaban J connectivity index is 1.55. The Morgan fingerprint density at radius 3 is 2.61 bits per heavy atom. The Bertz CT molecular complexity index is 877. The summed E-state index contributed by atoms with van der Waals surface area (Å²) < 4.78 is 0. The molecule has 3 amide bonds. The maximum atomic E-state index is 12.5. The van der Waals surface area contributed by atoms with Crippen LogP contribution < -0.4 is 15.5 Å². The zero-order valence-electron chi connectivity index (χ0n) is 16.2. The molecule has 0 radical (unpaired) electrons. The lowest BCUT2D eigenvalue weighted by atomic mass is 10.1. The molecule has 1 atom stereocenters. The van der Waals surface area contributed by atoms with E-state index in [0.717, 1.165) is 6.42 Å². The number of benzene rings is 2. The molecule has 1 aliphatic heterocycles. The Morgan fingerprint density at radius 2 is 1.89 bits per heavy atom. The predicted octanol–water partition coefficient (Wildman–Crippen LogP) is 2.67. The molecule has 28 heavy (non-hydrogen) atoms. The third-order valence-corrected chi connectivity index (χ3v) is 4.81. The number of anilines is 2. The van der Waals surface area contributed by atoms with E-state index in [2.05, 4.69) is 34.9 Å². The fraction of sp³-hybridized carbons (Fsp3) is 0.318. The second kappa shape index (κ2) is 8.69. The zero-order chi connectivity index (χ0) is 20.1. The topological polar surface area (TPSA) is 78.5 Å². The van der Waals surface area contributed by atoms with Crippen molar-refractivity contribution in [2.24, 2.45) is 5.92 Å². The molecule has 0 unspecified atom stereocenters. The summed E-state index contributed by atoms with van der Waals surface area (Å²) in [5, 5.41) is 5.65. The summed E-state index contributed by atoms with van der Waals surface area (Å²) in [6.45, 7) is 4.37. The SMILES string of the molecule is CC(=O)Nc1cccc(N2C[C@@H](C(=O)NCCc3ccc(C)cc3)CC2=O)c1. The fourth-order valence-electron chi connectivity index (χ4n) is 3.32. The van der Waals surface area contributed by atoms with Crippen LogP contribution >= 0.6 is 0 Å². The van der Waals surface area contributed by atoms with Gasteiger partial charge in [0.25, 0.3) is 0 Å². The minimum Gasteiger partial charge on any atom is -0.355 e. The largest absolute Gasteiger partial charge is 0.355 e. The molecule has 0 aromatic heterocycles. The van der Waals surface area contributed by atoms with E-state index in [0.29, 0.717) is 24.5 Å². The lowest BCUT2D eigenvalue weighted by Crippen LogP contribution is -2.34. The molecular weight excluding hydrogens is 354 g/mol. The maximum Gasteiger partial charge on any atom is 0.227 e. The molecule has 1 aliphatic rings. The first-order valence-corrected chi connectivity index (χ1v) is 9.43. The summed E-state index contributed by atoms with van der Waals surface area (Å²) in [6, 6.07) is 15.3. The summed E-state index contributed by atoms with van der Waals surface area (Å²) in [5.41, 5.74) is 3.69. The van der Waals surface area contributed by atoms with E-state index < -0.39 is 0 Å². The molecule has 0 bridgehead atoms. The van der Waals surface area contributed by atoms with Gasteiger partial charge in [0.1, 0.15) is 0 Å². The van der Waals surface area contributed by atoms with Gasteiger partial charge in [-0.05, 0) is 37.1 Å². The third-order valence-electron chi connectivity index (χ3n) is 4.81. The van der Waals surface area contributed by atoms with Crippen LogP contribution in [0.3, 0.4) is 0 Å². The van der Waals surface area contributed by atoms with Crippen molar-refractivity contribution in [3.63, 3.8) is 0 Å². The van der Waals surface area contributed by atoms with Gasteiger partial charge in [-0.15, -0.1) is 0 Å². The van der Waals surface area contributed by atoms with Crippen LogP contribution in [0.5, 0.6) is 0 Å². The number of nitrogens with one attached hydrogen (secondary N) is 2. The lowest BCUT2D eigenvalue weighted by molar-refractivity contribution is -0.126. The number of carbonyl (C=O) groups excluding carboxylic acids is 3. The number of amides is 3. The van der Waals surface area contributed by atoms with Crippen LogP contribution in [0.15, 0.2) is 48.5 Å². The number of aryl methyl sites for hydroxylation is 1. The van der Waals surface area contributed by atoms with Gasteiger partial charge < -0.3 is 15.5 Å². The van der Waals surface area contributed by atoms with Gasteiger partial charge in [-0.2, -0.15) is 0 Å². The van der Waals surface area contributed by atoms with Crippen LogP contribution in [0.4, 0.5) is 11.4 Å². The molecule has 3 rings (SSSR count). The second-order valence-corrected chi connectivity index (χ2v) is 7.16. The number of rotatable bonds is 6. The number of hydrogen-bond donors (Lipinski definition) is 2. The molecule has 2 aromatic rings. The first kappa shape index (κ1) is 19.6. The molecule has 2 aromatic carbocycles. The average Bonchev–Trinajstić information content (AvgIpc) is 3.05. The van der Waals surface area contributed by atoms with Crippen molar-refractivity contribution >= 4 is 29.1 Å². The quantitative estimate of drug-likeness (QED) is 0.810. The summed E-state index contributed by atoms with van der Waals surface area (Å²) in [6.07, 6.45) is 0.954. The highest BCUT2D eigenvalue weighted by Gasteiger charge is 2.35. The van der Waals surface area contributed by atoms with Crippen molar-refractivity contribution in [3.05, 3.63) is 59.7 Å². The van der Waals surface area contributed by atoms with Crippen LogP contribution in [0.2, 0.25) is 0 Å². The second-order valence-electron chi connectivity index (χ2n) is 7.16. The van der Waals surface area contributed by atoms with Crippen molar-refractivity contribution in [2.75, 3.05) is 23.3 Å². The monoisotopic (exact) mass is 379 g/mol. The summed E-state index contributed by atoms with van der Waals surface area (Å²) >= 11 is 0. The highest BCUT2D eigenvalue weighted by molar-refractivity contribution is 6.01. The lowest BCUT2D eigenvalue weighted by Gasteiger charge is -2.18. The van der Waals surface area contributed by atoms with E-state index in [4.69, 9.17) is 0 Å². The van der Waals surface area contributed by atoms with Crippen molar-refractivity contribution < 1.29 is 14.4 Å². The first-order chi connectivity index (χ1) is 13.4. The molecular formula is C22H25N3O3. The molecule has 1 fully saturated rings. The molecule has 1 heterocycles. The zero-order valence-corrected chi connectivity index (χ0v) is 16.2. The molecule has 6 nitrogen and oxygen atoms in total. The van der Waals surface area contributed by atoms with Crippen molar-refractivity contribution in [1.29, 1.82) is 0 Å². The van der Waals surface area contributed by atoms with Crippen molar-refractivity contribution in [2.45, 2.75) is 26.7 Å². The van der Waals surface area contributed by atoms with Gasteiger partial charge in [-0.1, -0.05) is 35.9 Å². The summed E-state index contributed by atoms with van der Waals surface area (Å²) in [4.78, 5) is 37.7. The van der Waals surface area contributed by atoms with Gasteiger partial charge in [0.15, 0.2) is 0 Å². The van der Waals surface area contributed by atoms with Gasteiger partial charge in [-0.25, -0.2) is 0 Å². The van der Waals surface area contributed by atoms with E-state index in [9.17, 15) is 14.4 Å². The van der Waals surface area contributed by atoms with Crippen LogP contribution in [-0.2, 0) is 20.8 Å². The van der Waals surface area contributed by atoms with E-state index >= 15 is 0 Å². The first-order valence-electron chi connectivity index (χ1n) is 9.43. The molecule has 2 N–H and O–H groups in total. The fourth-order valence-corrected chi connectivity index (χ4v) is 3.32. The van der Waals surface area contributed by atoms with Crippen LogP contribution in [-0.4, -0.2) is 30.8 Å². The van der Waals surface area contributed by atoms with Gasteiger partial charge in [0.2, 0.25) is 17.7 Å². The normalized spacial score (nSPS) is 16.1. The van der Waals surface area contributed by atoms with Crippen LogP contribution in [0.1, 0.15) is 24.5 Å². The standard InChI is InChI=1S/C22H25N3O3/c1-15-6-8-17(9-7-15)10-11-23-22(28)18-12-21(27)25(14-18)20-5-3-4-19(13-20)24-16(2)26/h3-9,13,18H,10-12,14H2,1-2H3,(H,23,28)(H,24,26)/t18-/m0/s1. The predicted molar refractivity (Wildman–Crippen MR) is 109 cm³/mol. The van der Waals surface area contributed by atoms with E-state index in [1.54, 1.807) is 29.2 Å². The molecule has 0 saturated carbocycles. The number of hydrogen-bond acceptors (Lipinski definition) is 3. The molecule has 1 saturated heterocycles. The molecule has 146 valence electrons. The third kappa shape index (κ3) is 4.97. The van der Waals surface area contributed by atoms with Crippen molar-refractivity contribution in [3.8, 4) is 0 Å². The van der Waals surface area contributed by atoms with E-state index in [-0.39, 0.29) is 30.1 Å². The minimum atomic E-state index is -0.366. The summed E-state index contributed by atoms with van der Waals surface area (Å²) in [5.74, 6) is -0.717. The van der Waals surface area contributed by atoms with Gasteiger partial charge in [0, 0.05) is 37.8 Å². The van der Waals surface area contributed by atoms with E-state index in [1.165, 1.54) is 18.1 Å². The smallest absolute Gasteiger partial charge is 0.227 e. The van der Waals surface area contributed by atoms with Gasteiger partial charge in [-0.3, -0.25) is 14.4 Å². The van der Waals surface area contributed by atoms with Crippen LogP contribution in [0, 0.1) is 12.8 Å². The van der Waals surface area contributed by atoms with Crippen LogP contribution in [0.25, 0.3) is 0 Å². The van der Waals surface area contributed by atoms with Gasteiger partial charge in [0.05, 0.1) is 5.92 Å². The molecule has 6 heteroatoms. The molecule has 0 spiro atoms. The highest BCUT2D eigenvalue weighted by Crippen LogP contribution is 2.27. The van der Waals surface area contributed by atoms with Gasteiger partial charge >= 0.3 is 0 Å². The Kier molecular flexibility index (Phi) is 6.09. The average molecular weight is 379 g/mol. The Labute approximate surface area is 164 Å². The summed E-state index contributed by atoms with van der Waals surface area (Å²) in [7, 11) is 0. The van der Waals surface area contributed by atoms with E-state index in [1.807, 2.05) is 6.92 Å².